The quantitative estimate of drug-likeness (QED) is 0.180. The number of aromatic nitrogens is 3. The Hall–Kier alpha value is -7.08. The van der Waals surface area contributed by atoms with Gasteiger partial charge in [0.2, 0.25) is 0 Å². The number of furan rings is 1. The van der Waals surface area contributed by atoms with Crippen LogP contribution in [-0.2, 0) is 5.41 Å². The average molecular weight is 746 g/mol. The number of benzene rings is 8. The summed E-state index contributed by atoms with van der Waals surface area (Å²) in [5.74, 6) is 1.84. The lowest BCUT2D eigenvalue weighted by atomic mass is 9.67. The van der Waals surface area contributed by atoms with Gasteiger partial charge in [0.15, 0.2) is 17.5 Å². The van der Waals surface area contributed by atoms with Crippen molar-refractivity contribution in [3.8, 4) is 56.4 Å². The van der Waals surface area contributed by atoms with Gasteiger partial charge in [-0.05, 0) is 74.8 Å². The van der Waals surface area contributed by atoms with Crippen molar-refractivity contribution in [2.45, 2.75) is 15.2 Å². The molecule has 0 saturated carbocycles. The van der Waals surface area contributed by atoms with E-state index >= 15 is 0 Å². The molecule has 8 aromatic carbocycles. The summed E-state index contributed by atoms with van der Waals surface area (Å²) < 4.78 is 6.86. The molecule has 0 bridgehead atoms. The van der Waals surface area contributed by atoms with Crippen molar-refractivity contribution in [1.29, 1.82) is 0 Å². The second-order valence-electron chi connectivity index (χ2n) is 14.7. The second-order valence-corrected chi connectivity index (χ2v) is 15.8. The fraction of sp³-hybridized carbons (Fsp3) is 0.0192. The highest BCUT2D eigenvalue weighted by Gasteiger charge is 2.50. The summed E-state index contributed by atoms with van der Waals surface area (Å²) in [4.78, 5) is 17.9. The van der Waals surface area contributed by atoms with Gasteiger partial charge < -0.3 is 4.42 Å². The Morgan fingerprint density at radius 1 is 0.368 bits per heavy atom. The summed E-state index contributed by atoms with van der Waals surface area (Å²) in [6.07, 6.45) is 0. The van der Waals surface area contributed by atoms with Crippen LogP contribution in [-0.4, -0.2) is 15.0 Å². The molecule has 0 atom stereocenters. The van der Waals surface area contributed by atoms with Crippen LogP contribution in [0.2, 0.25) is 0 Å². The molecule has 2 aliphatic rings. The van der Waals surface area contributed by atoms with Crippen molar-refractivity contribution >= 4 is 33.7 Å². The Bertz CT molecular complexity index is 3180. The summed E-state index contributed by atoms with van der Waals surface area (Å²) >= 11 is 1.84. The smallest absolute Gasteiger partial charge is 0.164 e. The molecule has 0 saturated heterocycles. The van der Waals surface area contributed by atoms with Crippen molar-refractivity contribution in [1.82, 2.24) is 15.0 Å². The fourth-order valence-corrected chi connectivity index (χ4v) is 10.4. The molecule has 1 aliphatic heterocycles. The van der Waals surface area contributed by atoms with E-state index in [1.54, 1.807) is 0 Å². The minimum atomic E-state index is -0.484. The third kappa shape index (κ3) is 4.79. The Labute approximate surface area is 333 Å². The first-order valence-corrected chi connectivity index (χ1v) is 20.0. The number of nitrogens with zero attached hydrogens (tertiary/aromatic N) is 3. The Morgan fingerprint density at radius 2 is 0.930 bits per heavy atom. The van der Waals surface area contributed by atoms with Crippen LogP contribution in [0, 0.1) is 0 Å². The van der Waals surface area contributed by atoms with Crippen LogP contribution in [0.15, 0.2) is 202 Å². The molecule has 1 aliphatic carbocycles. The molecule has 1 spiro atoms. The minimum absolute atomic E-state index is 0.484. The number of fused-ring (bicyclic) bond motifs is 12. The third-order valence-corrected chi connectivity index (χ3v) is 12.7. The highest BCUT2D eigenvalue weighted by atomic mass is 32.2. The van der Waals surface area contributed by atoms with E-state index in [4.69, 9.17) is 19.4 Å². The van der Waals surface area contributed by atoms with Crippen LogP contribution < -0.4 is 0 Å². The van der Waals surface area contributed by atoms with E-state index in [2.05, 4.69) is 146 Å². The molecule has 0 radical (unpaired) electrons. The van der Waals surface area contributed by atoms with Crippen molar-refractivity contribution in [3.05, 3.63) is 210 Å². The normalized spacial score (nSPS) is 13.3. The van der Waals surface area contributed by atoms with Crippen LogP contribution >= 0.6 is 11.8 Å². The first-order chi connectivity index (χ1) is 28.2. The average Bonchev–Trinajstić information content (AvgIpc) is 3.80. The third-order valence-electron chi connectivity index (χ3n) is 11.6. The highest BCUT2D eigenvalue weighted by Crippen LogP contribution is 2.62. The summed E-state index contributed by atoms with van der Waals surface area (Å²) in [6, 6.07) is 66.5. The van der Waals surface area contributed by atoms with Gasteiger partial charge in [-0.1, -0.05) is 169 Å². The van der Waals surface area contributed by atoms with Gasteiger partial charge in [0.05, 0.1) is 5.41 Å². The zero-order valence-corrected chi connectivity index (χ0v) is 31.4. The monoisotopic (exact) mass is 745 g/mol. The largest absolute Gasteiger partial charge is 0.456 e. The lowest BCUT2D eigenvalue weighted by molar-refractivity contribution is 0.662. The summed E-state index contributed by atoms with van der Waals surface area (Å²) in [6.45, 7) is 0. The first kappa shape index (κ1) is 32.2. The van der Waals surface area contributed by atoms with Gasteiger partial charge in [0.1, 0.15) is 11.2 Å². The van der Waals surface area contributed by atoms with Gasteiger partial charge in [-0.15, -0.1) is 0 Å². The standard InChI is InChI=1S/C52H31N3OS/c1-3-15-32(16-4-1)34-19-13-20-35(29-34)50-53-49(33-17-5-2-6-18-33)54-51(55-50)38-23-14-27-44-48(38)39-30-47-43(31-45(39)56-44)52(42-26-11-12-28-46(42)57-47)40-24-9-7-21-36(40)37-22-8-10-25-41(37)52/h1-31H. The van der Waals surface area contributed by atoms with E-state index in [0.717, 1.165) is 49.8 Å². The molecule has 10 aromatic rings. The molecule has 2 aromatic heterocycles. The lowest BCUT2D eigenvalue weighted by Crippen LogP contribution is -2.31. The Morgan fingerprint density at radius 3 is 1.68 bits per heavy atom. The summed E-state index contributed by atoms with van der Waals surface area (Å²) in [5.41, 5.74) is 13.9. The van der Waals surface area contributed by atoms with Crippen molar-refractivity contribution in [2.75, 3.05) is 0 Å². The molecule has 0 unspecified atom stereocenters. The molecule has 5 heteroatoms. The summed E-state index contributed by atoms with van der Waals surface area (Å²) in [7, 11) is 0. The van der Waals surface area contributed by atoms with E-state index in [9.17, 15) is 0 Å². The fourth-order valence-electron chi connectivity index (χ4n) is 9.17. The van der Waals surface area contributed by atoms with Crippen LogP contribution in [0.1, 0.15) is 22.3 Å². The highest BCUT2D eigenvalue weighted by molar-refractivity contribution is 7.99. The van der Waals surface area contributed by atoms with E-state index in [1.165, 1.54) is 43.2 Å². The molecule has 0 N–H and O–H groups in total. The molecule has 266 valence electrons. The molecular formula is C52H31N3OS. The maximum atomic E-state index is 6.86. The van der Waals surface area contributed by atoms with Gasteiger partial charge in [0.25, 0.3) is 0 Å². The zero-order valence-electron chi connectivity index (χ0n) is 30.6. The second kappa shape index (κ2) is 12.5. The molecule has 57 heavy (non-hydrogen) atoms. The van der Waals surface area contributed by atoms with E-state index in [1.807, 2.05) is 54.2 Å². The van der Waals surface area contributed by atoms with Gasteiger partial charge >= 0.3 is 0 Å². The van der Waals surface area contributed by atoms with Crippen LogP contribution in [0.25, 0.3) is 78.4 Å². The first-order valence-electron chi connectivity index (χ1n) is 19.2. The van der Waals surface area contributed by atoms with Gasteiger partial charge in [-0.2, -0.15) is 0 Å². The topological polar surface area (TPSA) is 51.8 Å². The Kier molecular flexibility index (Phi) is 7.04. The minimum Gasteiger partial charge on any atom is -0.456 e. The van der Waals surface area contributed by atoms with Crippen molar-refractivity contribution in [2.24, 2.45) is 0 Å². The van der Waals surface area contributed by atoms with Crippen LogP contribution in [0.5, 0.6) is 0 Å². The van der Waals surface area contributed by atoms with E-state index in [0.29, 0.717) is 17.5 Å². The number of rotatable bonds is 4. The number of hydrogen-bond donors (Lipinski definition) is 0. The SMILES string of the molecule is c1ccc(-c2cccc(-c3nc(-c4ccccc4)nc(-c4cccc5oc6cc7c(cc6c45)Sc4ccccc4C74c5ccccc5-c5ccccc54)n3)c2)cc1. The van der Waals surface area contributed by atoms with Gasteiger partial charge in [0, 0.05) is 37.3 Å². The lowest BCUT2D eigenvalue weighted by Gasteiger charge is -2.39. The number of hydrogen-bond acceptors (Lipinski definition) is 5. The molecular weight excluding hydrogens is 715 g/mol. The van der Waals surface area contributed by atoms with E-state index < -0.39 is 5.41 Å². The van der Waals surface area contributed by atoms with Crippen LogP contribution in [0.3, 0.4) is 0 Å². The van der Waals surface area contributed by atoms with Gasteiger partial charge in [-0.25, -0.2) is 15.0 Å². The maximum absolute atomic E-state index is 6.86. The van der Waals surface area contributed by atoms with Crippen LogP contribution in [0.4, 0.5) is 0 Å². The zero-order chi connectivity index (χ0) is 37.5. The maximum Gasteiger partial charge on any atom is 0.164 e. The molecule has 12 rings (SSSR count). The summed E-state index contributed by atoms with van der Waals surface area (Å²) in [5, 5.41) is 2.03. The Balaban J connectivity index is 1.10. The molecule has 3 heterocycles. The predicted octanol–water partition coefficient (Wildman–Crippen LogP) is 13.3. The van der Waals surface area contributed by atoms with Crippen molar-refractivity contribution in [3.63, 3.8) is 0 Å². The van der Waals surface area contributed by atoms with Crippen molar-refractivity contribution < 1.29 is 4.42 Å². The van der Waals surface area contributed by atoms with E-state index in [-0.39, 0.29) is 0 Å². The van der Waals surface area contributed by atoms with Gasteiger partial charge in [-0.3, -0.25) is 0 Å². The molecule has 4 nitrogen and oxygen atoms in total. The molecule has 0 amide bonds. The predicted molar refractivity (Wildman–Crippen MR) is 230 cm³/mol. The molecule has 0 fully saturated rings.